The lowest BCUT2D eigenvalue weighted by atomic mass is 10.2. The first kappa shape index (κ1) is 21.2. The zero-order chi connectivity index (χ0) is 22.0. The smallest absolute Gasteiger partial charge is 0.344 e. The van der Waals surface area contributed by atoms with Crippen LogP contribution in [0.3, 0.4) is 0 Å². The van der Waals surface area contributed by atoms with Gasteiger partial charge in [0.2, 0.25) is 0 Å². The van der Waals surface area contributed by atoms with E-state index in [9.17, 15) is 9.59 Å². The van der Waals surface area contributed by atoms with E-state index in [1.54, 1.807) is 10.6 Å². The second-order valence-corrected chi connectivity index (χ2v) is 7.79. The maximum Gasteiger partial charge on any atom is 0.344 e. The van der Waals surface area contributed by atoms with Gasteiger partial charge >= 0.3 is 11.7 Å². The number of carbonyl (C=O) groups is 1. The van der Waals surface area contributed by atoms with Crippen LogP contribution in [0, 0.1) is 6.92 Å². The molecule has 9 heteroatoms. The van der Waals surface area contributed by atoms with Crippen LogP contribution in [0.15, 0.2) is 47.3 Å². The fraction of sp³-hybridized carbons (Fsp3) is 0.227. The molecule has 0 fully saturated rings. The predicted octanol–water partition coefficient (Wildman–Crippen LogP) is 4.51. The molecule has 4 aromatic rings. The number of imidazole rings is 1. The Morgan fingerprint density at radius 3 is 2.81 bits per heavy atom. The monoisotopic (exact) mass is 459 g/mol. The Kier molecular flexibility index (Phi) is 6.15. The van der Waals surface area contributed by atoms with Crippen molar-refractivity contribution in [3.63, 3.8) is 0 Å². The highest BCUT2D eigenvalue weighted by molar-refractivity contribution is 6.39. The van der Waals surface area contributed by atoms with Gasteiger partial charge in [0.25, 0.3) is 0 Å². The molecule has 160 valence electrons. The third-order valence-electron chi connectivity index (χ3n) is 4.78. The number of hydrogen-bond acceptors (Lipinski definition) is 5. The number of H-pyrrole nitrogens is 1. The number of ether oxygens (including phenoxy) is 2. The number of aryl methyl sites for hydroxylation is 2. The molecular formula is C22H19Cl2N3O4. The number of benzene rings is 2. The lowest BCUT2D eigenvalue weighted by Gasteiger charge is -2.12. The summed E-state index contributed by atoms with van der Waals surface area (Å²) in [6, 6.07) is 12.6. The molecule has 0 unspecified atom stereocenters. The van der Waals surface area contributed by atoms with Crippen LogP contribution in [0.5, 0.6) is 5.75 Å². The summed E-state index contributed by atoms with van der Waals surface area (Å²) in [5.74, 6) is -0.259. The highest BCUT2D eigenvalue weighted by Gasteiger charge is 2.15. The molecule has 0 aliphatic carbocycles. The highest BCUT2D eigenvalue weighted by Crippen LogP contribution is 2.37. The molecule has 0 atom stereocenters. The Bertz CT molecular complexity index is 1330. The van der Waals surface area contributed by atoms with Gasteiger partial charge in [-0.3, -0.25) is 4.57 Å². The number of esters is 1. The van der Waals surface area contributed by atoms with E-state index >= 15 is 0 Å². The van der Waals surface area contributed by atoms with Crippen LogP contribution in [0.1, 0.15) is 12.1 Å². The largest absolute Gasteiger partial charge is 0.478 e. The van der Waals surface area contributed by atoms with E-state index in [0.717, 1.165) is 16.7 Å². The maximum atomic E-state index is 12.1. The van der Waals surface area contributed by atoms with Crippen LogP contribution in [0.4, 0.5) is 0 Å². The van der Waals surface area contributed by atoms with Gasteiger partial charge in [0.05, 0.1) is 27.7 Å². The molecule has 0 saturated carbocycles. The van der Waals surface area contributed by atoms with Crippen LogP contribution in [0.2, 0.25) is 10.0 Å². The van der Waals surface area contributed by atoms with Crippen LogP contribution >= 0.6 is 23.2 Å². The van der Waals surface area contributed by atoms with Crippen molar-refractivity contribution < 1.29 is 14.3 Å². The number of rotatable bonds is 7. The summed E-state index contributed by atoms with van der Waals surface area (Å²) < 4.78 is 12.5. The van der Waals surface area contributed by atoms with Crippen molar-refractivity contribution in [2.24, 2.45) is 0 Å². The number of fused-ring (bicyclic) bond motifs is 2. The van der Waals surface area contributed by atoms with Gasteiger partial charge in [-0.05, 0) is 43.7 Å². The molecule has 0 spiro atoms. The summed E-state index contributed by atoms with van der Waals surface area (Å²) in [6.07, 6.45) is 0.485. The molecule has 0 amide bonds. The van der Waals surface area contributed by atoms with E-state index in [0.29, 0.717) is 28.9 Å². The Morgan fingerprint density at radius 1 is 1.16 bits per heavy atom. The Balaban J connectivity index is 1.34. The first-order valence-electron chi connectivity index (χ1n) is 9.65. The van der Waals surface area contributed by atoms with Gasteiger partial charge in [0.1, 0.15) is 5.52 Å². The fourth-order valence-electron chi connectivity index (χ4n) is 3.34. The van der Waals surface area contributed by atoms with Crippen molar-refractivity contribution >= 4 is 51.1 Å². The average Bonchev–Trinajstić information content (AvgIpc) is 3.05. The van der Waals surface area contributed by atoms with E-state index in [1.807, 2.05) is 43.3 Å². The highest BCUT2D eigenvalue weighted by atomic mass is 35.5. The molecule has 7 nitrogen and oxygen atoms in total. The third kappa shape index (κ3) is 4.52. The molecule has 0 aliphatic rings. The van der Waals surface area contributed by atoms with Crippen molar-refractivity contribution in [3.05, 3.63) is 68.7 Å². The van der Waals surface area contributed by atoms with Crippen LogP contribution < -0.4 is 10.4 Å². The summed E-state index contributed by atoms with van der Waals surface area (Å²) in [5.41, 5.74) is 2.65. The van der Waals surface area contributed by atoms with E-state index < -0.39 is 5.97 Å². The molecule has 0 radical (unpaired) electrons. The Morgan fingerprint density at radius 2 is 1.97 bits per heavy atom. The number of aromatic nitrogens is 3. The third-order valence-corrected chi connectivity index (χ3v) is 5.38. The number of halogens is 2. The number of aromatic amines is 1. The van der Waals surface area contributed by atoms with Crippen molar-refractivity contribution in [2.45, 2.75) is 19.9 Å². The molecular weight excluding hydrogens is 441 g/mol. The second-order valence-electron chi connectivity index (χ2n) is 6.98. The van der Waals surface area contributed by atoms with E-state index in [-0.39, 0.29) is 29.7 Å². The summed E-state index contributed by atoms with van der Waals surface area (Å²) in [7, 11) is 0. The van der Waals surface area contributed by atoms with Gasteiger partial charge in [-0.25, -0.2) is 14.6 Å². The maximum absolute atomic E-state index is 12.1. The van der Waals surface area contributed by atoms with Gasteiger partial charge in [-0.1, -0.05) is 35.3 Å². The quantitative estimate of drug-likeness (QED) is 0.324. The van der Waals surface area contributed by atoms with Crippen LogP contribution in [-0.4, -0.2) is 33.7 Å². The number of para-hydroxylation sites is 2. The van der Waals surface area contributed by atoms with Crippen LogP contribution in [0.25, 0.3) is 21.9 Å². The molecule has 2 aromatic carbocycles. The summed E-state index contributed by atoms with van der Waals surface area (Å²) in [6.45, 7) is 2.10. The zero-order valence-electron chi connectivity index (χ0n) is 16.7. The first-order chi connectivity index (χ1) is 14.9. The van der Waals surface area contributed by atoms with Crippen LogP contribution in [-0.2, 0) is 16.1 Å². The Hall–Kier alpha value is -3.03. The van der Waals surface area contributed by atoms with Crippen molar-refractivity contribution in [3.8, 4) is 5.75 Å². The minimum absolute atomic E-state index is 0.153. The first-order valence-corrected chi connectivity index (χ1v) is 10.4. The number of nitrogens with zero attached hydrogens (tertiary/aromatic N) is 2. The van der Waals surface area contributed by atoms with Gasteiger partial charge in [-0.15, -0.1) is 0 Å². The van der Waals surface area contributed by atoms with Gasteiger partial charge in [-0.2, -0.15) is 0 Å². The normalized spacial score (nSPS) is 11.2. The van der Waals surface area contributed by atoms with E-state index in [4.69, 9.17) is 32.7 Å². The Labute approximate surface area is 187 Å². The molecule has 0 saturated heterocycles. The second kappa shape index (κ2) is 8.99. The number of carbonyl (C=O) groups excluding carboxylic acids is 1. The molecule has 2 heterocycles. The molecule has 1 N–H and O–H groups in total. The molecule has 2 aromatic heterocycles. The van der Waals surface area contributed by atoms with Gasteiger partial charge in [0.15, 0.2) is 12.4 Å². The standard InChI is InChI=1S/C22H19Cl2N3O4/c1-13-7-8-14-15(23)11-16(24)21(20(14)25-13)31-12-19(28)30-10-4-9-27-18-6-3-2-5-17(18)26-22(27)29/h2-3,5-8,11H,4,9-10,12H2,1H3,(H,26,29). The summed E-state index contributed by atoms with van der Waals surface area (Å²) >= 11 is 12.5. The lowest BCUT2D eigenvalue weighted by molar-refractivity contribution is -0.146. The van der Waals surface area contributed by atoms with E-state index in [1.165, 1.54) is 0 Å². The van der Waals surface area contributed by atoms with Crippen molar-refractivity contribution in [1.82, 2.24) is 14.5 Å². The molecule has 31 heavy (non-hydrogen) atoms. The van der Waals surface area contributed by atoms with Crippen molar-refractivity contribution in [1.29, 1.82) is 0 Å². The predicted molar refractivity (Wildman–Crippen MR) is 120 cm³/mol. The van der Waals surface area contributed by atoms with Gasteiger partial charge in [0, 0.05) is 17.6 Å². The molecule has 4 rings (SSSR count). The van der Waals surface area contributed by atoms with Gasteiger partial charge < -0.3 is 14.5 Å². The number of pyridine rings is 1. The SMILES string of the molecule is Cc1ccc2c(Cl)cc(Cl)c(OCC(=O)OCCCn3c(=O)[nH]c4ccccc43)c2n1. The zero-order valence-corrected chi connectivity index (χ0v) is 18.2. The average molecular weight is 460 g/mol. The topological polar surface area (TPSA) is 86.2 Å². The molecule has 0 aliphatic heterocycles. The lowest BCUT2D eigenvalue weighted by Crippen LogP contribution is -2.20. The summed E-state index contributed by atoms with van der Waals surface area (Å²) in [4.78, 5) is 31.4. The minimum Gasteiger partial charge on any atom is -0.478 e. The number of nitrogens with one attached hydrogen (secondary N) is 1. The number of hydrogen-bond donors (Lipinski definition) is 1. The van der Waals surface area contributed by atoms with E-state index in [2.05, 4.69) is 9.97 Å². The fourth-order valence-corrected chi connectivity index (χ4v) is 3.91. The minimum atomic E-state index is -0.543. The van der Waals surface area contributed by atoms with Crippen molar-refractivity contribution in [2.75, 3.05) is 13.2 Å². The summed E-state index contributed by atoms with van der Waals surface area (Å²) in [5, 5.41) is 1.40. The molecule has 0 bridgehead atoms.